The normalized spacial score (nSPS) is 19.9. The number of hydrogen-bond donors (Lipinski definition) is 1. The highest BCUT2D eigenvalue weighted by Gasteiger charge is 2.27. The third-order valence-corrected chi connectivity index (χ3v) is 2.47. The van der Waals surface area contributed by atoms with Crippen molar-refractivity contribution in [2.45, 2.75) is 18.9 Å². The summed E-state index contributed by atoms with van der Waals surface area (Å²) in [6.45, 7) is 0. The Bertz CT molecular complexity index is 363. The van der Waals surface area contributed by atoms with Gasteiger partial charge in [-0.1, -0.05) is 12.1 Å². The van der Waals surface area contributed by atoms with E-state index in [4.69, 9.17) is 5.73 Å². The zero-order valence-electron chi connectivity index (χ0n) is 7.06. The minimum Gasteiger partial charge on any atom is -0.324 e. The van der Waals surface area contributed by atoms with Gasteiger partial charge in [0, 0.05) is 17.7 Å². The van der Waals surface area contributed by atoms with Gasteiger partial charge in [-0.25, -0.2) is 0 Å². The van der Waals surface area contributed by atoms with E-state index < -0.39 is 0 Å². The van der Waals surface area contributed by atoms with E-state index in [2.05, 4.69) is 0 Å². The van der Waals surface area contributed by atoms with Crippen LogP contribution < -0.4 is 5.73 Å². The molecule has 1 aromatic carbocycles. The summed E-state index contributed by atoms with van der Waals surface area (Å²) in [6, 6.07) is 4.99. The standard InChI is InChI=1S/C9H10N2O2/c10-7-5-4-6-2-1-3-8(9(6)7)11(12)13/h1-3,7H,4-5,10H2. The van der Waals surface area contributed by atoms with E-state index in [1.165, 1.54) is 6.07 Å². The summed E-state index contributed by atoms with van der Waals surface area (Å²) in [7, 11) is 0. The van der Waals surface area contributed by atoms with E-state index >= 15 is 0 Å². The van der Waals surface area contributed by atoms with Gasteiger partial charge in [-0.3, -0.25) is 10.1 Å². The fraction of sp³-hybridized carbons (Fsp3) is 0.333. The third kappa shape index (κ3) is 1.19. The lowest BCUT2D eigenvalue weighted by Crippen LogP contribution is -2.07. The van der Waals surface area contributed by atoms with Crippen LogP contribution in [0.25, 0.3) is 0 Å². The quantitative estimate of drug-likeness (QED) is 0.523. The molecule has 1 aromatic rings. The van der Waals surface area contributed by atoms with Crippen molar-refractivity contribution in [2.24, 2.45) is 5.73 Å². The van der Waals surface area contributed by atoms with E-state index in [1.54, 1.807) is 6.07 Å². The Morgan fingerprint density at radius 2 is 2.31 bits per heavy atom. The van der Waals surface area contributed by atoms with Crippen molar-refractivity contribution in [3.8, 4) is 0 Å². The summed E-state index contributed by atoms with van der Waals surface area (Å²) in [5.74, 6) is 0. The number of nitro benzene ring substituents is 1. The molecule has 0 saturated heterocycles. The molecule has 1 aliphatic rings. The topological polar surface area (TPSA) is 69.2 Å². The molecule has 0 spiro atoms. The van der Waals surface area contributed by atoms with Crippen LogP contribution in [0.3, 0.4) is 0 Å². The first kappa shape index (κ1) is 8.19. The molecule has 0 heterocycles. The van der Waals surface area contributed by atoms with Crippen molar-refractivity contribution in [3.05, 3.63) is 39.4 Å². The lowest BCUT2D eigenvalue weighted by Gasteiger charge is -2.04. The number of fused-ring (bicyclic) bond motifs is 1. The van der Waals surface area contributed by atoms with E-state index in [-0.39, 0.29) is 16.7 Å². The fourth-order valence-corrected chi connectivity index (χ4v) is 1.86. The van der Waals surface area contributed by atoms with Crippen LogP contribution >= 0.6 is 0 Å². The van der Waals surface area contributed by atoms with Gasteiger partial charge in [0.1, 0.15) is 0 Å². The van der Waals surface area contributed by atoms with Crippen LogP contribution in [0.1, 0.15) is 23.6 Å². The van der Waals surface area contributed by atoms with Crippen LogP contribution in [0.5, 0.6) is 0 Å². The van der Waals surface area contributed by atoms with Crippen LogP contribution in [0.15, 0.2) is 18.2 Å². The number of nitrogens with two attached hydrogens (primary N) is 1. The summed E-state index contributed by atoms with van der Waals surface area (Å²) < 4.78 is 0. The first-order valence-corrected chi connectivity index (χ1v) is 4.22. The minimum absolute atomic E-state index is 0.156. The van der Waals surface area contributed by atoms with Crippen LogP contribution in [0.4, 0.5) is 5.69 Å². The molecule has 68 valence electrons. The van der Waals surface area contributed by atoms with Crippen molar-refractivity contribution in [1.29, 1.82) is 0 Å². The monoisotopic (exact) mass is 178 g/mol. The molecule has 1 unspecified atom stereocenters. The Morgan fingerprint density at radius 1 is 1.54 bits per heavy atom. The molecule has 0 bridgehead atoms. The maximum absolute atomic E-state index is 10.7. The summed E-state index contributed by atoms with van der Waals surface area (Å²) in [6.07, 6.45) is 1.68. The molecule has 0 fully saturated rings. The Morgan fingerprint density at radius 3 is 3.00 bits per heavy atom. The molecule has 0 amide bonds. The molecule has 4 nitrogen and oxygen atoms in total. The average Bonchev–Trinajstić information content (AvgIpc) is 2.48. The summed E-state index contributed by atoms with van der Waals surface area (Å²) in [5, 5.41) is 10.7. The number of hydrogen-bond acceptors (Lipinski definition) is 3. The van der Waals surface area contributed by atoms with Crippen molar-refractivity contribution >= 4 is 5.69 Å². The molecule has 0 aliphatic heterocycles. The fourth-order valence-electron chi connectivity index (χ4n) is 1.86. The maximum Gasteiger partial charge on any atom is 0.274 e. The van der Waals surface area contributed by atoms with Crippen LogP contribution in [0, 0.1) is 10.1 Å². The number of rotatable bonds is 1. The Kier molecular flexibility index (Phi) is 1.77. The van der Waals surface area contributed by atoms with Gasteiger partial charge in [0.15, 0.2) is 0 Å². The third-order valence-electron chi connectivity index (χ3n) is 2.47. The van der Waals surface area contributed by atoms with E-state index in [1.807, 2.05) is 6.07 Å². The SMILES string of the molecule is NC1CCc2cccc([N+](=O)[O-])c21. The molecule has 4 heteroatoms. The smallest absolute Gasteiger partial charge is 0.274 e. The Balaban J connectivity index is 2.60. The molecule has 1 aliphatic carbocycles. The first-order chi connectivity index (χ1) is 6.20. The van der Waals surface area contributed by atoms with E-state index in [0.717, 1.165) is 24.0 Å². The second-order valence-corrected chi connectivity index (χ2v) is 3.25. The first-order valence-electron chi connectivity index (χ1n) is 4.22. The second kappa shape index (κ2) is 2.81. The minimum atomic E-state index is -0.357. The van der Waals surface area contributed by atoms with Crippen molar-refractivity contribution in [1.82, 2.24) is 0 Å². The highest BCUT2D eigenvalue weighted by Crippen LogP contribution is 2.35. The van der Waals surface area contributed by atoms with Crippen molar-refractivity contribution in [3.63, 3.8) is 0 Å². The predicted octanol–water partition coefficient (Wildman–Crippen LogP) is 1.54. The van der Waals surface area contributed by atoms with Crippen LogP contribution in [-0.4, -0.2) is 4.92 Å². The van der Waals surface area contributed by atoms with Crippen LogP contribution in [0.2, 0.25) is 0 Å². The van der Waals surface area contributed by atoms with Crippen LogP contribution in [-0.2, 0) is 6.42 Å². The molecule has 13 heavy (non-hydrogen) atoms. The highest BCUT2D eigenvalue weighted by molar-refractivity contribution is 5.49. The van der Waals surface area contributed by atoms with Gasteiger partial charge in [-0.15, -0.1) is 0 Å². The summed E-state index contributed by atoms with van der Waals surface area (Å²) in [4.78, 5) is 10.3. The maximum atomic E-state index is 10.7. The Labute approximate surface area is 75.5 Å². The molecular formula is C9H10N2O2. The number of benzene rings is 1. The highest BCUT2D eigenvalue weighted by atomic mass is 16.6. The zero-order valence-corrected chi connectivity index (χ0v) is 7.06. The lowest BCUT2D eigenvalue weighted by molar-refractivity contribution is -0.385. The van der Waals surface area contributed by atoms with E-state index in [9.17, 15) is 10.1 Å². The molecule has 2 rings (SSSR count). The predicted molar refractivity (Wildman–Crippen MR) is 48.3 cm³/mol. The second-order valence-electron chi connectivity index (χ2n) is 3.25. The summed E-state index contributed by atoms with van der Waals surface area (Å²) in [5.41, 5.74) is 7.71. The zero-order chi connectivity index (χ0) is 9.42. The molecular weight excluding hydrogens is 168 g/mol. The van der Waals surface area contributed by atoms with Crippen molar-refractivity contribution < 1.29 is 4.92 Å². The lowest BCUT2D eigenvalue weighted by atomic mass is 10.1. The van der Waals surface area contributed by atoms with Gasteiger partial charge in [0.25, 0.3) is 5.69 Å². The number of nitrogens with zero attached hydrogens (tertiary/aromatic N) is 1. The summed E-state index contributed by atoms with van der Waals surface area (Å²) >= 11 is 0. The van der Waals surface area contributed by atoms with Gasteiger partial charge in [-0.2, -0.15) is 0 Å². The molecule has 0 saturated carbocycles. The average molecular weight is 178 g/mol. The Hall–Kier alpha value is -1.42. The molecule has 1 atom stereocenters. The number of nitro groups is 1. The van der Waals surface area contributed by atoms with Gasteiger partial charge in [0.05, 0.1) is 4.92 Å². The van der Waals surface area contributed by atoms with Crippen molar-refractivity contribution in [2.75, 3.05) is 0 Å². The van der Waals surface area contributed by atoms with E-state index in [0.29, 0.717) is 0 Å². The molecule has 0 radical (unpaired) electrons. The molecule has 2 N–H and O–H groups in total. The number of aryl methyl sites for hydroxylation is 1. The van der Waals surface area contributed by atoms with Gasteiger partial charge in [0.2, 0.25) is 0 Å². The van der Waals surface area contributed by atoms with Gasteiger partial charge < -0.3 is 5.73 Å². The molecule has 0 aromatic heterocycles. The van der Waals surface area contributed by atoms with Gasteiger partial charge in [-0.05, 0) is 18.4 Å². The largest absolute Gasteiger partial charge is 0.324 e. The van der Waals surface area contributed by atoms with Gasteiger partial charge >= 0.3 is 0 Å².